The van der Waals surface area contributed by atoms with E-state index in [2.05, 4.69) is 74.9 Å². The van der Waals surface area contributed by atoms with Crippen molar-refractivity contribution in [3.63, 3.8) is 0 Å². The highest BCUT2D eigenvalue weighted by atomic mass is 19.4. The van der Waals surface area contributed by atoms with Crippen molar-refractivity contribution in [1.82, 2.24) is 0 Å². The Balaban J connectivity index is 0.000000224. The van der Waals surface area contributed by atoms with Gasteiger partial charge in [0.15, 0.2) is 0 Å². The highest BCUT2D eigenvalue weighted by Gasteiger charge is 2.33. The Bertz CT molecular complexity index is 2070. The van der Waals surface area contributed by atoms with E-state index in [1.807, 2.05) is 0 Å². The van der Waals surface area contributed by atoms with E-state index < -0.39 is 18.1 Å². The standard InChI is InChI=1S/C20H25F3O.C20H25F3.C20H28.3H2/c1-14-2-4-15(5-3-14)16-6-8-17(9-7-16)18-10-12-19(13-11-18)24-20(21,22)23;1-14-2-4-15(5-3-14)16-6-8-17(9-7-16)18-10-12-19(13-11-18)20(21,22)23;1-15-3-7-17(8-4-15)19-11-13-20(14-12-19)18-9-5-16(2)6-10-18;;;/h8,10-16H,2-7,9H2,1H3;8,10-16H,2-7,9H2,1H3;3-4,7-8,11,16,18,20H,5-6,9-10,12-14H2,1-2H3;3*1H. The summed E-state index contributed by atoms with van der Waals surface area (Å²) < 4.78 is 78.4. The van der Waals surface area contributed by atoms with Crippen molar-refractivity contribution >= 4 is 16.7 Å². The van der Waals surface area contributed by atoms with E-state index in [0.717, 1.165) is 90.1 Å². The molecule has 0 heterocycles. The fourth-order valence-electron chi connectivity index (χ4n) is 12.4. The van der Waals surface area contributed by atoms with Crippen LogP contribution in [-0.2, 0) is 6.18 Å². The molecule has 0 spiro atoms. The predicted molar refractivity (Wildman–Crippen MR) is 271 cm³/mol. The van der Waals surface area contributed by atoms with E-state index in [1.165, 1.54) is 156 Å². The van der Waals surface area contributed by atoms with E-state index in [-0.39, 0.29) is 10.0 Å². The molecule has 3 saturated carbocycles. The van der Waals surface area contributed by atoms with Gasteiger partial charge in [0.25, 0.3) is 0 Å². The zero-order chi connectivity index (χ0) is 47.6. The van der Waals surface area contributed by atoms with Crippen LogP contribution in [0.25, 0.3) is 16.7 Å². The van der Waals surface area contributed by atoms with Crippen LogP contribution in [0.1, 0.15) is 188 Å². The first-order valence-electron chi connectivity index (χ1n) is 26.2. The third-order valence-corrected chi connectivity index (χ3v) is 17.0. The third kappa shape index (κ3) is 15.4. The molecule has 0 aliphatic heterocycles. The highest BCUT2D eigenvalue weighted by Crippen LogP contribution is 2.44. The summed E-state index contributed by atoms with van der Waals surface area (Å²) in [5, 5.41) is 0. The summed E-state index contributed by atoms with van der Waals surface area (Å²) in [5.74, 6) is 7.86. The van der Waals surface area contributed by atoms with Gasteiger partial charge in [-0.1, -0.05) is 132 Å². The second-order valence-corrected chi connectivity index (χ2v) is 21.9. The van der Waals surface area contributed by atoms with Crippen LogP contribution < -0.4 is 4.74 Å². The molecule has 3 fully saturated rings. The van der Waals surface area contributed by atoms with E-state index >= 15 is 0 Å². The van der Waals surface area contributed by atoms with Gasteiger partial charge in [0.1, 0.15) is 5.75 Å². The molecule has 9 rings (SSSR count). The van der Waals surface area contributed by atoms with Crippen LogP contribution in [0.3, 0.4) is 0 Å². The van der Waals surface area contributed by atoms with Crippen LogP contribution in [0.4, 0.5) is 26.3 Å². The summed E-state index contributed by atoms with van der Waals surface area (Å²) in [7, 11) is 0. The number of aryl methyl sites for hydroxylation is 1. The van der Waals surface area contributed by atoms with Crippen LogP contribution in [0.15, 0.2) is 91.0 Å². The largest absolute Gasteiger partial charge is 0.573 e. The average Bonchev–Trinajstić information content (AvgIpc) is 3.33. The Morgan fingerprint density at radius 2 is 0.716 bits per heavy atom. The SMILES string of the molecule is CC1CCC(C2CC=C(c3ccc(C(F)(F)F)cc3)CC2)CC1.CC1CCC(C2CC=C(c3ccc(OC(F)(F)F)cc3)CC2)CC1.Cc1ccc(C2=CCC(C3CCC(C)CC3)CC2)cc1.[HH].[HH].[HH]. The maximum atomic E-state index is 12.6. The summed E-state index contributed by atoms with van der Waals surface area (Å²) in [4.78, 5) is 0. The predicted octanol–water partition coefficient (Wildman–Crippen LogP) is 20.1. The fourth-order valence-corrected chi connectivity index (χ4v) is 12.4. The van der Waals surface area contributed by atoms with Crippen molar-refractivity contribution in [2.24, 2.45) is 53.3 Å². The number of hydrogen-bond donors (Lipinski definition) is 0. The van der Waals surface area contributed by atoms with E-state index in [4.69, 9.17) is 0 Å². The lowest BCUT2D eigenvalue weighted by Crippen LogP contribution is -2.22. The third-order valence-electron chi connectivity index (χ3n) is 17.0. The molecule has 7 heteroatoms. The average molecular weight is 935 g/mol. The minimum atomic E-state index is -4.63. The Kier molecular flexibility index (Phi) is 18.1. The molecule has 0 bridgehead atoms. The summed E-state index contributed by atoms with van der Waals surface area (Å²) in [6, 6.07) is 21.0. The zero-order valence-electron chi connectivity index (χ0n) is 40.9. The minimum absolute atomic E-state index is 0. The Morgan fingerprint density at radius 1 is 0.403 bits per heavy atom. The van der Waals surface area contributed by atoms with Crippen LogP contribution in [0.5, 0.6) is 5.75 Å². The number of hydrogen-bond acceptors (Lipinski definition) is 1. The number of allylic oxidation sites excluding steroid dienone is 6. The Labute approximate surface area is 403 Å². The fraction of sp³-hybridized carbons (Fsp3) is 0.600. The molecule has 0 aromatic heterocycles. The van der Waals surface area contributed by atoms with Gasteiger partial charge in [-0.2, -0.15) is 13.2 Å². The minimum Gasteiger partial charge on any atom is -0.406 e. The maximum Gasteiger partial charge on any atom is 0.573 e. The van der Waals surface area contributed by atoms with Gasteiger partial charge in [0.05, 0.1) is 5.56 Å². The van der Waals surface area contributed by atoms with Crippen LogP contribution in [0.2, 0.25) is 0 Å². The normalized spacial score (nSPS) is 29.4. The molecule has 3 aromatic carbocycles. The molecule has 0 amide bonds. The Hall–Kier alpha value is -3.74. The summed E-state index contributed by atoms with van der Waals surface area (Å²) in [5.41, 5.74) is 8.28. The quantitative estimate of drug-likeness (QED) is 0.215. The van der Waals surface area contributed by atoms with Crippen LogP contribution >= 0.6 is 0 Å². The molecule has 0 radical (unpaired) electrons. The van der Waals surface area contributed by atoms with Crippen molar-refractivity contribution in [2.45, 2.75) is 175 Å². The van der Waals surface area contributed by atoms with E-state index in [0.29, 0.717) is 0 Å². The van der Waals surface area contributed by atoms with Crippen molar-refractivity contribution in [3.8, 4) is 5.75 Å². The number of ether oxygens (including phenoxy) is 1. The second kappa shape index (κ2) is 23.7. The van der Waals surface area contributed by atoms with Crippen molar-refractivity contribution in [2.75, 3.05) is 0 Å². The van der Waals surface area contributed by atoms with E-state index in [9.17, 15) is 26.3 Å². The smallest absolute Gasteiger partial charge is 0.406 e. The van der Waals surface area contributed by atoms with Gasteiger partial charge in [-0.25, -0.2) is 0 Å². The molecule has 6 aliphatic rings. The number of rotatable bonds is 7. The molecule has 0 N–H and O–H groups in total. The van der Waals surface area contributed by atoms with Gasteiger partial charge in [0, 0.05) is 4.28 Å². The lowest BCUT2D eigenvalue weighted by atomic mass is 9.71. The zero-order valence-corrected chi connectivity index (χ0v) is 40.9. The summed E-state index contributed by atoms with van der Waals surface area (Å²) in [6.07, 6.45) is 25.6. The molecular weight excluding hydrogens is 851 g/mol. The van der Waals surface area contributed by atoms with Crippen molar-refractivity contribution in [3.05, 3.63) is 119 Å². The van der Waals surface area contributed by atoms with Crippen molar-refractivity contribution in [1.29, 1.82) is 0 Å². The first kappa shape index (κ1) is 51.1. The molecular formula is C60H84F6O. The number of benzene rings is 3. The number of alkyl halides is 6. The monoisotopic (exact) mass is 935 g/mol. The van der Waals surface area contributed by atoms with Crippen molar-refractivity contribution < 1.29 is 35.4 Å². The van der Waals surface area contributed by atoms with Gasteiger partial charge in [-0.15, -0.1) is 13.2 Å². The van der Waals surface area contributed by atoms with Crippen LogP contribution in [0, 0.1) is 60.2 Å². The van der Waals surface area contributed by atoms with Gasteiger partial charge in [-0.05, 0) is 214 Å². The van der Waals surface area contributed by atoms with E-state index in [1.54, 1.807) is 29.8 Å². The Morgan fingerprint density at radius 3 is 1.00 bits per heavy atom. The van der Waals surface area contributed by atoms with Gasteiger partial charge >= 0.3 is 12.5 Å². The highest BCUT2D eigenvalue weighted by molar-refractivity contribution is 5.68. The first-order chi connectivity index (χ1) is 32.1. The molecule has 372 valence electrons. The lowest BCUT2D eigenvalue weighted by Gasteiger charge is -2.34. The maximum absolute atomic E-state index is 12.6. The molecule has 3 aromatic rings. The molecule has 0 saturated heterocycles. The second-order valence-electron chi connectivity index (χ2n) is 21.9. The molecule has 1 nitrogen and oxygen atoms in total. The summed E-state index contributed by atoms with van der Waals surface area (Å²) >= 11 is 0. The number of halogens is 6. The lowest BCUT2D eigenvalue weighted by molar-refractivity contribution is -0.274. The van der Waals surface area contributed by atoms with Gasteiger partial charge in [-0.3, -0.25) is 0 Å². The van der Waals surface area contributed by atoms with Gasteiger partial charge < -0.3 is 4.74 Å². The molecule has 6 aliphatic carbocycles. The van der Waals surface area contributed by atoms with Gasteiger partial charge in [0.2, 0.25) is 0 Å². The summed E-state index contributed by atoms with van der Waals surface area (Å²) in [6.45, 7) is 9.28. The topological polar surface area (TPSA) is 9.23 Å². The first-order valence-corrected chi connectivity index (χ1v) is 26.2. The van der Waals surface area contributed by atoms with Crippen LogP contribution in [-0.4, -0.2) is 6.36 Å². The molecule has 3 atom stereocenters. The molecule has 3 unspecified atom stereocenters. The molecule has 67 heavy (non-hydrogen) atoms.